The van der Waals surface area contributed by atoms with Gasteiger partial charge in [0.05, 0.1) is 7.77 Å². The van der Waals surface area contributed by atoms with E-state index in [1.807, 2.05) is 0 Å². The van der Waals surface area contributed by atoms with Crippen LogP contribution in [0.4, 0.5) is 0 Å². The van der Waals surface area contributed by atoms with Crippen LogP contribution in [0.5, 0.6) is 0 Å². The zero-order valence-electron chi connectivity index (χ0n) is 4.05. The predicted molar refractivity (Wildman–Crippen MR) is 31.6 cm³/mol. The number of allylic oxidation sites excluding steroid dienone is 1. The summed E-state index contributed by atoms with van der Waals surface area (Å²) in [5.74, 6) is 1.76. The second-order valence-electron chi connectivity index (χ2n) is 1.68. The van der Waals surface area contributed by atoms with E-state index >= 15 is 0 Å². The second-order valence-corrected chi connectivity index (χ2v) is 3.22. The van der Waals surface area contributed by atoms with Crippen LogP contribution in [0.25, 0.3) is 0 Å². The first-order chi connectivity index (χ1) is 3.29. The van der Waals surface area contributed by atoms with E-state index < -0.39 is 7.77 Å². The van der Waals surface area contributed by atoms with E-state index in [1.54, 1.807) is 5.80 Å². The molecule has 1 atom stereocenters. The molecule has 0 spiro atoms. The Morgan fingerprint density at radius 3 is 2.71 bits per heavy atom. The van der Waals surface area contributed by atoms with E-state index in [2.05, 4.69) is 6.58 Å². The normalized spacial score (nSPS) is 25.3. The highest BCUT2D eigenvalue weighted by Gasteiger charge is 2.07. The van der Waals surface area contributed by atoms with Crippen LogP contribution in [0, 0.1) is 0 Å². The van der Waals surface area contributed by atoms with E-state index in [0.717, 1.165) is 18.2 Å². The van der Waals surface area contributed by atoms with Crippen molar-refractivity contribution < 1.29 is 4.89 Å². The molecule has 0 aromatic heterocycles. The summed E-state index contributed by atoms with van der Waals surface area (Å²) in [4.78, 5) is 10.5. The molecule has 0 radical (unpaired) electrons. The fourth-order valence-corrected chi connectivity index (χ4v) is 1.76. The minimum absolute atomic E-state index is 0.828. The fourth-order valence-electron chi connectivity index (χ4n) is 0.587. The van der Waals surface area contributed by atoms with Crippen molar-refractivity contribution in [2.24, 2.45) is 0 Å². The summed E-state index contributed by atoms with van der Waals surface area (Å²) in [6.07, 6.45) is 1.77. The third-order valence-corrected chi connectivity index (χ3v) is 2.30. The van der Waals surface area contributed by atoms with Gasteiger partial charge in [0.2, 0.25) is 0 Å². The van der Waals surface area contributed by atoms with Crippen molar-refractivity contribution >= 4 is 13.6 Å². The summed E-state index contributed by atoms with van der Waals surface area (Å²) in [7, 11) is -0.979. The molecule has 2 heteroatoms. The third kappa shape index (κ3) is 1.12. The molecule has 0 fully saturated rings. The molecule has 0 aromatic carbocycles. The Morgan fingerprint density at radius 1 is 1.86 bits per heavy atom. The summed E-state index contributed by atoms with van der Waals surface area (Å²) in [6.45, 7) is 3.67. The molecule has 0 aliphatic carbocycles. The van der Waals surface area contributed by atoms with Gasteiger partial charge >= 0.3 is 0 Å². The van der Waals surface area contributed by atoms with Crippen LogP contribution >= 0.6 is 7.77 Å². The molecule has 38 valence electrons. The Hall–Kier alpha value is -0.130. The first kappa shape index (κ1) is 5.02. The molecule has 7 heavy (non-hydrogen) atoms. The van der Waals surface area contributed by atoms with Crippen LogP contribution in [0.2, 0.25) is 0 Å². The molecule has 1 nitrogen and oxygen atoms in total. The van der Waals surface area contributed by atoms with Gasteiger partial charge < -0.3 is 4.89 Å². The van der Waals surface area contributed by atoms with E-state index in [1.165, 1.54) is 0 Å². The van der Waals surface area contributed by atoms with Crippen molar-refractivity contribution in [2.45, 2.75) is 6.42 Å². The van der Waals surface area contributed by atoms with Crippen LogP contribution in [0.1, 0.15) is 6.42 Å². The van der Waals surface area contributed by atoms with Crippen molar-refractivity contribution in [3.05, 3.63) is 12.2 Å². The average molecular weight is 114 g/mol. The molecule has 0 saturated heterocycles. The van der Waals surface area contributed by atoms with Gasteiger partial charge in [-0.25, -0.2) is 0 Å². The second kappa shape index (κ2) is 1.77. The Morgan fingerprint density at radius 2 is 2.57 bits per heavy atom. The molecular weight excluding hydrogens is 107 g/mol. The molecule has 0 N–H and O–H groups in total. The van der Waals surface area contributed by atoms with Gasteiger partial charge in [-0.3, -0.25) is 0 Å². The van der Waals surface area contributed by atoms with Crippen LogP contribution < -0.4 is 4.89 Å². The standard InChI is InChI=1S/C5H7OP/c1-5-2-3-7(6)4-5/h4H,1-3H2. The molecule has 0 saturated carbocycles. The van der Waals surface area contributed by atoms with Crippen molar-refractivity contribution in [1.29, 1.82) is 0 Å². The SMILES string of the molecule is C=C1C=[P+]([O-])CC1. The lowest BCUT2D eigenvalue weighted by atomic mass is 10.3. The van der Waals surface area contributed by atoms with Crippen LogP contribution in [0.15, 0.2) is 12.2 Å². The van der Waals surface area contributed by atoms with Gasteiger partial charge in [-0.1, -0.05) is 6.58 Å². The summed E-state index contributed by atoms with van der Waals surface area (Å²) < 4.78 is 0. The molecule has 1 aliphatic rings. The lowest BCUT2D eigenvalue weighted by molar-refractivity contribution is -0.152. The van der Waals surface area contributed by atoms with Gasteiger partial charge in [0.1, 0.15) is 12.0 Å². The van der Waals surface area contributed by atoms with Gasteiger partial charge in [-0.05, 0) is 5.57 Å². The van der Waals surface area contributed by atoms with Crippen molar-refractivity contribution in [1.82, 2.24) is 0 Å². The van der Waals surface area contributed by atoms with E-state index in [-0.39, 0.29) is 0 Å². The maximum Gasteiger partial charge on any atom is 0.107 e. The van der Waals surface area contributed by atoms with Gasteiger partial charge in [0.25, 0.3) is 0 Å². The highest BCUT2D eigenvalue weighted by molar-refractivity contribution is 7.51. The minimum Gasteiger partial charge on any atom is -0.630 e. The zero-order chi connectivity index (χ0) is 5.28. The number of rotatable bonds is 0. The minimum atomic E-state index is -0.979. The van der Waals surface area contributed by atoms with E-state index in [9.17, 15) is 4.89 Å². The fraction of sp³-hybridized carbons (Fsp3) is 0.400. The summed E-state index contributed by atoms with van der Waals surface area (Å²) in [5.41, 5.74) is 1.04. The molecule has 0 aromatic rings. The van der Waals surface area contributed by atoms with E-state index in [4.69, 9.17) is 0 Å². The lowest BCUT2D eigenvalue weighted by Gasteiger charge is -1.80. The van der Waals surface area contributed by atoms with Crippen LogP contribution in [0.3, 0.4) is 0 Å². The lowest BCUT2D eigenvalue weighted by Crippen LogP contribution is -1.85. The summed E-state index contributed by atoms with van der Waals surface area (Å²) >= 11 is 0. The van der Waals surface area contributed by atoms with Gasteiger partial charge in [-0.15, -0.1) is 0 Å². The maximum absolute atomic E-state index is 10.5. The Balaban J connectivity index is 2.67. The molecule has 0 amide bonds. The molecule has 1 unspecified atom stereocenters. The Bertz CT molecular complexity index is 126. The van der Waals surface area contributed by atoms with Gasteiger partial charge in [0, 0.05) is 6.42 Å². The van der Waals surface area contributed by atoms with Gasteiger partial charge in [-0.2, -0.15) is 0 Å². The smallest absolute Gasteiger partial charge is 0.107 e. The third-order valence-electron chi connectivity index (χ3n) is 0.980. The van der Waals surface area contributed by atoms with Gasteiger partial charge in [0.15, 0.2) is 0 Å². The molecule has 1 heterocycles. The van der Waals surface area contributed by atoms with Crippen molar-refractivity contribution in [3.63, 3.8) is 0 Å². The van der Waals surface area contributed by atoms with E-state index in [0.29, 0.717) is 0 Å². The number of hydrogen-bond acceptors (Lipinski definition) is 1. The summed E-state index contributed by atoms with van der Waals surface area (Å²) in [6, 6.07) is 0. The molecule has 1 aliphatic heterocycles. The largest absolute Gasteiger partial charge is 0.630 e. The topological polar surface area (TPSA) is 23.1 Å². The first-order valence-corrected chi connectivity index (χ1v) is 3.77. The quantitative estimate of drug-likeness (QED) is 0.420. The highest BCUT2D eigenvalue weighted by atomic mass is 31.1. The maximum atomic E-state index is 10.5. The van der Waals surface area contributed by atoms with Crippen molar-refractivity contribution in [3.8, 4) is 0 Å². The highest BCUT2D eigenvalue weighted by Crippen LogP contribution is 2.22. The Kier molecular flexibility index (Phi) is 1.27. The molecular formula is C5H7OP. The molecule has 0 bridgehead atoms. The Labute approximate surface area is 44.1 Å². The number of hydrogen-bond donors (Lipinski definition) is 0. The predicted octanol–water partition coefficient (Wildman–Crippen LogP) is 0.506. The van der Waals surface area contributed by atoms with Crippen LogP contribution in [-0.2, 0) is 0 Å². The molecule has 1 rings (SSSR count). The van der Waals surface area contributed by atoms with Crippen molar-refractivity contribution in [2.75, 3.05) is 6.16 Å². The monoisotopic (exact) mass is 114 g/mol. The first-order valence-electron chi connectivity index (χ1n) is 2.25. The zero-order valence-corrected chi connectivity index (χ0v) is 4.95. The average Bonchev–Trinajstić information content (AvgIpc) is 1.87. The summed E-state index contributed by atoms with van der Waals surface area (Å²) in [5, 5.41) is 0. The van der Waals surface area contributed by atoms with Crippen LogP contribution in [-0.4, -0.2) is 12.0 Å².